The highest BCUT2D eigenvalue weighted by molar-refractivity contribution is 8.37. The predicted molar refractivity (Wildman–Crippen MR) is 53.1 cm³/mol. The van der Waals surface area contributed by atoms with Crippen LogP contribution in [0.4, 0.5) is 0 Å². The lowest BCUT2D eigenvalue weighted by atomic mass is 10.1. The average molecular weight is 202 g/mol. The molecule has 0 N–H and O–H groups in total. The lowest BCUT2D eigenvalue weighted by Crippen LogP contribution is -2.12. The zero-order valence-electron chi connectivity index (χ0n) is 7.05. The van der Waals surface area contributed by atoms with Gasteiger partial charge in [0.05, 0.1) is 9.81 Å². The van der Waals surface area contributed by atoms with E-state index in [2.05, 4.69) is 0 Å². The van der Waals surface area contributed by atoms with Gasteiger partial charge in [-0.3, -0.25) is 9.59 Å². The van der Waals surface area contributed by atoms with E-state index in [0.29, 0.717) is 12.0 Å². The Morgan fingerprint density at radius 1 is 1.42 bits per heavy atom. The number of Topliss-reactive ketones (excluding diaryl/α,β-unsaturated/α-hetero) is 2. The van der Waals surface area contributed by atoms with Crippen LogP contribution in [0.5, 0.6) is 0 Å². The van der Waals surface area contributed by atoms with Gasteiger partial charge >= 0.3 is 0 Å². The van der Waals surface area contributed by atoms with Crippen LogP contribution >= 0.6 is 23.5 Å². The van der Waals surface area contributed by atoms with Gasteiger partial charge < -0.3 is 0 Å². The zero-order chi connectivity index (χ0) is 9.14. The van der Waals surface area contributed by atoms with Crippen LogP contribution in [0.2, 0.25) is 0 Å². The molecule has 0 radical (unpaired) electrons. The van der Waals surface area contributed by atoms with E-state index in [1.807, 2.05) is 0 Å². The molecule has 4 heteroatoms. The molecule has 1 aliphatic rings. The van der Waals surface area contributed by atoms with Gasteiger partial charge in [0, 0.05) is 11.5 Å². The van der Waals surface area contributed by atoms with E-state index in [0.717, 1.165) is 9.32 Å². The fraction of sp³-hybridized carbons (Fsp3) is 0.500. The molecule has 0 bridgehead atoms. The van der Waals surface area contributed by atoms with Crippen LogP contribution in [0.1, 0.15) is 20.3 Å². The average Bonchev–Trinajstić information content (AvgIpc) is 1.94. The molecular formula is C8H10O2S2. The minimum absolute atomic E-state index is 0.0304. The summed E-state index contributed by atoms with van der Waals surface area (Å²) in [7, 11) is 0. The molecule has 1 rings (SSSR count). The third-order valence-electron chi connectivity index (χ3n) is 1.54. The Bertz CT molecular complexity index is 250. The SMILES string of the molecule is CCC(=O)C(C(C)=O)=C1SCS1. The quantitative estimate of drug-likeness (QED) is 0.399. The van der Waals surface area contributed by atoms with Crippen molar-refractivity contribution in [3.8, 4) is 0 Å². The first-order valence-electron chi connectivity index (χ1n) is 3.70. The molecule has 1 heterocycles. The Hall–Kier alpha value is -0.220. The van der Waals surface area contributed by atoms with Crippen molar-refractivity contribution in [2.24, 2.45) is 0 Å². The van der Waals surface area contributed by atoms with E-state index in [1.165, 1.54) is 6.92 Å². The van der Waals surface area contributed by atoms with Crippen LogP contribution in [-0.4, -0.2) is 16.7 Å². The summed E-state index contributed by atoms with van der Waals surface area (Å²) in [6, 6.07) is 0. The molecule has 0 aliphatic carbocycles. The summed E-state index contributed by atoms with van der Waals surface area (Å²) in [5.41, 5.74) is 0.416. The standard InChI is InChI=1S/C8H10O2S2/c1-3-6(10)7(5(2)9)8-11-4-12-8/h3-4H2,1-2H3. The summed E-state index contributed by atoms with van der Waals surface area (Å²) >= 11 is 3.17. The largest absolute Gasteiger partial charge is 0.294 e. The number of rotatable bonds is 3. The van der Waals surface area contributed by atoms with Gasteiger partial charge in [0.2, 0.25) is 0 Å². The van der Waals surface area contributed by atoms with Gasteiger partial charge in [-0.25, -0.2) is 0 Å². The highest BCUT2D eigenvalue weighted by Crippen LogP contribution is 2.45. The fourth-order valence-electron chi connectivity index (χ4n) is 0.893. The van der Waals surface area contributed by atoms with Gasteiger partial charge in [-0.15, -0.1) is 23.5 Å². The van der Waals surface area contributed by atoms with Gasteiger partial charge in [0.1, 0.15) is 0 Å². The Morgan fingerprint density at radius 2 is 2.00 bits per heavy atom. The number of carbonyl (C=O) groups excluding carboxylic acids is 2. The minimum atomic E-state index is -0.100. The molecule has 1 saturated heterocycles. The summed E-state index contributed by atoms with van der Waals surface area (Å²) in [4.78, 5) is 22.4. The maximum Gasteiger partial charge on any atom is 0.167 e. The third kappa shape index (κ3) is 1.93. The van der Waals surface area contributed by atoms with Gasteiger partial charge in [-0.05, 0) is 6.92 Å². The number of carbonyl (C=O) groups is 2. The summed E-state index contributed by atoms with van der Waals surface area (Å²) in [5, 5.41) is 0.961. The molecular weight excluding hydrogens is 192 g/mol. The Morgan fingerprint density at radius 3 is 2.25 bits per heavy atom. The monoisotopic (exact) mass is 202 g/mol. The molecule has 0 amide bonds. The van der Waals surface area contributed by atoms with Crippen LogP contribution < -0.4 is 0 Å². The maximum atomic E-state index is 11.3. The maximum absolute atomic E-state index is 11.3. The van der Waals surface area contributed by atoms with Gasteiger partial charge in [-0.2, -0.15) is 0 Å². The third-order valence-corrected chi connectivity index (χ3v) is 4.12. The number of thioether (sulfide) groups is 2. The van der Waals surface area contributed by atoms with Crippen molar-refractivity contribution in [2.45, 2.75) is 20.3 Å². The Labute approximate surface area is 80.2 Å². The molecule has 66 valence electrons. The molecule has 0 unspecified atom stereocenters. The van der Waals surface area contributed by atoms with Gasteiger partial charge in [0.15, 0.2) is 11.6 Å². The lowest BCUT2D eigenvalue weighted by Gasteiger charge is -2.17. The molecule has 2 nitrogen and oxygen atoms in total. The second-order valence-corrected chi connectivity index (χ2v) is 5.00. The Balaban J connectivity index is 2.88. The topological polar surface area (TPSA) is 34.1 Å². The van der Waals surface area contributed by atoms with Crippen molar-refractivity contribution in [2.75, 3.05) is 5.08 Å². The lowest BCUT2D eigenvalue weighted by molar-refractivity contribution is -0.120. The molecule has 1 fully saturated rings. The first-order chi connectivity index (χ1) is 5.66. The second kappa shape index (κ2) is 4.14. The van der Waals surface area contributed by atoms with Crippen LogP contribution in [-0.2, 0) is 9.59 Å². The predicted octanol–water partition coefficient (Wildman–Crippen LogP) is 2.20. The molecule has 0 aromatic heterocycles. The van der Waals surface area contributed by atoms with E-state index in [-0.39, 0.29) is 11.6 Å². The molecule has 0 aromatic carbocycles. The number of ketones is 2. The van der Waals surface area contributed by atoms with Gasteiger partial charge in [0.25, 0.3) is 0 Å². The van der Waals surface area contributed by atoms with E-state index >= 15 is 0 Å². The van der Waals surface area contributed by atoms with Gasteiger partial charge in [-0.1, -0.05) is 6.92 Å². The zero-order valence-corrected chi connectivity index (χ0v) is 8.68. The minimum Gasteiger partial charge on any atom is -0.294 e. The second-order valence-electron chi connectivity index (χ2n) is 2.40. The van der Waals surface area contributed by atoms with Crippen LogP contribution in [0, 0.1) is 0 Å². The van der Waals surface area contributed by atoms with E-state index < -0.39 is 0 Å². The molecule has 0 saturated carbocycles. The van der Waals surface area contributed by atoms with E-state index in [1.54, 1.807) is 30.4 Å². The van der Waals surface area contributed by atoms with Crippen molar-refractivity contribution in [1.29, 1.82) is 0 Å². The first-order valence-corrected chi connectivity index (χ1v) is 5.68. The molecule has 1 aliphatic heterocycles. The number of allylic oxidation sites excluding steroid dienone is 1. The molecule has 12 heavy (non-hydrogen) atoms. The highest BCUT2D eigenvalue weighted by atomic mass is 32.3. The summed E-state index contributed by atoms with van der Waals surface area (Å²) < 4.78 is 0.911. The van der Waals surface area contributed by atoms with Crippen LogP contribution in [0.25, 0.3) is 0 Å². The molecule has 0 aromatic rings. The molecule has 0 atom stereocenters. The smallest absolute Gasteiger partial charge is 0.167 e. The Kier molecular flexibility index (Phi) is 3.40. The normalized spacial score (nSPS) is 15.3. The van der Waals surface area contributed by atoms with Crippen molar-refractivity contribution < 1.29 is 9.59 Å². The van der Waals surface area contributed by atoms with Crippen molar-refractivity contribution in [1.82, 2.24) is 0 Å². The van der Waals surface area contributed by atoms with Crippen molar-refractivity contribution >= 4 is 35.1 Å². The van der Waals surface area contributed by atoms with E-state index in [9.17, 15) is 9.59 Å². The highest BCUT2D eigenvalue weighted by Gasteiger charge is 2.23. The summed E-state index contributed by atoms with van der Waals surface area (Å²) in [6.07, 6.45) is 0.416. The molecule has 0 spiro atoms. The number of hydrogen-bond donors (Lipinski definition) is 0. The van der Waals surface area contributed by atoms with Crippen molar-refractivity contribution in [3.63, 3.8) is 0 Å². The summed E-state index contributed by atoms with van der Waals surface area (Å²) in [5.74, 6) is -0.131. The van der Waals surface area contributed by atoms with Crippen molar-refractivity contribution in [3.05, 3.63) is 9.81 Å². The van der Waals surface area contributed by atoms with Crippen LogP contribution in [0.3, 0.4) is 0 Å². The number of hydrogen-bond acceptors (Lipinski definition) is 4. The fourth-order valence-corrected chi connectivity index (χ4v) is 2.64. The first kappa shape index (κ1) is 9.86. The van der Waals surface area contributed by atoms with E-state index in [4.69, 9.17) is 0 Å². The van der Waals surface area contributed by atoms with Crippen LogP contribution in [0.15, 0.2) is 9.81 Å². The summed E-state index contributed by atoms with van der Waals surface area (Å²) in [6.45, 7) is 3.23.